The van der Waals surface area contributed by atoms with Crippen molar-refractivity contribution in [1.29, 1.82) is 0 Å². The quantitative estimate of drug-likeness (QED) is 0.569. The van der Waals surface area contributed by atoms with Gasteiger partial charge in [0.05, 0.1) is 11.4 Å². The highest BCUT2D eigenvalue weighted by Crippen LogP contribution is 2.36. The van der Waals surface area contributed by atoms with Crippen LogP contribution in [-0.2, 0) is 6.42 Å². The number of hydrogen-bond acceptors (Lipinski definition) is 5. The lowest BCUT2D eigenvalue weighted by Gasteiger charge is -2.34. The molecule has 1 aliphatic rings. The van der Waals surface area contributed by atoms with Crippen LogP contribution in [0.1, 0.15) is 19.4 Å². The lowest BCUT2D eigenvalue weighted by Crippen LogP contribution is -2.43. The molecule has 0 amide bonds. The second kappa shape index (κ2) is 5.77. The standard InChI is InChI=1S/C20H18N2O3/c1-20(2)17(22-21-14-6-4-3-5-7-14)12-15-16(25-20)10-8-13-9-11-18(23)24-19(13)15/h3-11,21H,12H2,1-2H3/b22-17-. The fourth-order valence-corrected chi connectivity index (χ4v) is 2.97. The first-order valence-corrected chi connectivity index (χ1v) is 8.16. The van der Waals surface area contributed by atoms with Gasteiger partial charge in [0.1, 0.15) is 16.9 Å². The summed E-state index contributed by atoms with van der Waals surface area (Å²) in [5.74, 6) is 0.727. The van der Waals surface area contributed by atoms with Gasteiger partial charge in [-0.05, 0) is 44.2 Å². The number of ether oxygens (including phenoxy) is 1. The molecule has 2 heterocycles. The van der Waals surface area contributed by atoms with Crippen molar-refractivity contribution >= 4 is 22.4 Å². The molecule has 0 spiro atoms. The fraction of sp³-hybridized carbons (Fsp3) is 0.200. The molecule has 0 bridgehead atoms. The van der Waals surface area contributed by atoms with Crippen LogP contribution in [0.15, 0.2) is 68.9 Å². The highest BCUT2D eigenvalue weighted by Gasteiger charge is 2.35. The minimum absolute atomic E-state index is 0.369. The van der Waals surface area contributed by atoms with Crippen LogP contribution in [-0.4, -0.2) is 11.3 Å². The summed E-state index contributed by atoms with van der Waals surface area (Å²) in [5.41, 5.74) is 5.30. The third-order valence-corrected chi connectivity index (χ3v) is 4.35. The maximum atomic E-state index is 11.6. The normalized spacial score (nSPS) is 17.1. The van der Waals surface area contributed by atoms with E-state index in [4.69, 9.17) is 9.15 Å². The number of para-hydroxylation sites is 1. The fourth-order valence-electron chi connectivity index (χ4n) is 2.97. The van der Waals surface area contributed by atoms with Gasteiger partial charge in [-0.3, -0.25) is 5.43 Å². The summed E-state index contributed by atoms with van der Waals surface area (Å²) < 4.78 is 11.6. The van der Waals surface area contributed by atoms with Crippen molar-refractivity contribution in [3.05, 3.63) is 70.6 Å². The SMILES string of the molecule is CC1(C)Oc2ccc3ccc(=O)oc3c2C/C1=N/Nc1ccccc1. The zero-order valence-electron chi connectivity index (χ0n) is 14.1. The largest absolute Gasteiger partial charge is 0.481 e. The van der Waals surface area contributed by atoms with E-state index in [1.165, 1.54) is 6.07 Å². The van der Waals surface area contributed by atoms with Gasteiger partial charge in [-0.1, -0.05) is 18.2 Å². The van der Waals surface area contributed by atoms with E-state index in [-0.39, 0.29) is 5.63 Å². The van der Waals surface area contributed by atoms with Gasteiger partial charge in [-0.15, -0.1) is 0 Å². The van der Waals surface area contributed by atoms with Gasteiger partial charge < -0.3 is 9.15 Å². The Kier molecular flexibility index (Phi) is 3.57. The van der Waals surface area contributed by atoms with Crippen LogP contribution in [0.25, 0.3) is 11.0 Å². The number of nitrogens with zero attached hydrogens (tertiary/aromatic N) is 1. The first-order chi connectivity index (χ1) is 12.0. The number of fused-ring (bicyclic) bond motifs is 3. The average molecular weight is 334 g/mol. The van der Waals surface area contributed by atoms with Crippen molar-refractivity contribution in [1.82, 2.24) is 0 Å². The Labute approximate surface area is 144 Å². The maximum absolute atomic E-state index is 11.6. The third kappa shape index (κ3) is 2.89. The third-order valence-electron chi connectivity index (χ3n) is 4.35. The minimum Gasteiger partial charge on any atom is -0.481 e. The summed E-state index contributed by atoms with van der Waals surface area (Å²) >= 11 is 0. The van der Waals surface area contributed by atoms with E-state index in [0.29, 0.717) is 12.0 Å². The van der Waals surface area contributed by atoms with Crippen LogP contribution >= 0.6 is 0 Å². The minimum atomic E-state index is -0.558. The lowest BCUT2D eigenvalue weighted by atomic mass is 9.91. The van der Waals surface area contributed by atoms with Crippen LogP contribution < -0.4 is 15.8 Å². The predicted octanol–water partition coefficient (Wildman–Crippen LogP) is 3.97. The molecule has 1 N–H and O–H groups in total. The molecule has 0 saturated carbocycles. The summed E-state index contributed by atoms with van der Waals surface area (Å²) in [4.78, 5) is 11.6. The summed E-state index contributed by atoms with van der Waals surface area (Å²) in [7, 11) is 0. The van der Waals surface area contributed by atoms with E-state index < -0.39 is 5.60 Å². The molecule has 1 aliphatic heterocycles. The van der Waals surface area contributed by atoms with Gasteiger partial charge in [0.2, 0.25) is 0 Å². The lowest BCUT2D eigenvalue weighted by molar-refractivity contribution is 0.171. The molecule has 5 heteroatoms. The molecule has 0 saturated heterocycles. The molecular weight excluding hydrogens is 316 g/mol. The Morgan fingerprint density at radius 3 is 2.60 bits per heavy atom. The number of nitrogens with one attached hydrogen (secondary N) is 1. The van der Waals surface area contributed by atoms with Crippen molar-refractivity contribution in [3.8, 4) is 5.75 Å². The molecule has 5 nitrogen and oxygen atoms in total. The van der Waals surface area contributed by atoms with Crippen LogP contribution in [0.3, 0.4) is 0 Å². The number of rotatable bonds is 2. The molecule has 0 fully saturated rings. The van der Waals surface area contributed by atoms with Gasteiger partial charge in [-0.2, -0.15) is 5.10 Å². The van der Waals surface area contributed by atoms with Crippen molar-refractivity contribution in [2.24, 2.45) is 5.10 Å². The van der Waals surface area contributed by atoms with E-state index in [0.717, 1.165) is 28.1 Å². The van der Waals surface area contributed by atoms with E-state index >= 15 is 0 Å². The van der Waals surface area contributed by atoms with Crippen LogP contribution in [0, 0.1) is 0 Å². The second-order valence-corrected chi connectivity index (χ2v) is 6.54. The Hall–Kier alpha value is -3.08. The highest BCUT2D eigenvalue weighted by molar-refractivity contribution is 5.99. The Balaban J connectivity index is 1.77. The molecule has 0 atom stereocenters. The van der Waals surface area contributed by atoms with E-state index in [9.17, 15) is 4.79 Å². The van der Waals surface area contributed by atoms with E-state index in [1.807, 2.05) is 56.3 Å². The average Bonchev–Trinajstić information content (AvgIpc) is 2.60. The van der Waals surface area contributed by atoms with Crippen molar-refractivity contribution in [3.63, 3.8) is 0 Å². The van der Waals surface area contributed by atoms with Crippen molar-refractivity contribution < 1.29 is 9.15 Å². The monoisotopic (exact) mass is 334 g/mol. The maximum Gasteiger partial charge on any atom is 0.336 e. The summed E-state index contributed by atoms with van der Waals surface area (Å²) in [6.45, 7) is 3.96. The van der Waals surface area contributed by atoms with Gasteiger partial charge >= 0.3 is 5.63 Å². The van der Waals surface area contributed by atoms with Gasteiger partial charge in [0.15, 0.2) is 0 Å². The first-order valence-electron chi connectivity index (χ1n) is 8.16. The molecule has 0 aliphatic carbocycles. The zero-order chi connectivity index (χ0) is 17.4. The molecule has 0 radical (unpaired) electrons. The molecule has 1 aromatic heterocycles. The van der Waals surface area contributed by atoms with Crippen molar-refractivity contribution in [2.45, 2.75) is 25.9 Å². The number of hydrogen-bond donors (Lipinski definition) is 1. The molecule has 25 heavy (non-hydrogen) atoms. The van der Waals surface area contributed by atoms with Crippen molar-refractivity contribution in [2.75, 3.05) is 5.43 Å². The number of hydrazone groups is 1. The molecule has 3 aromatic rings. The van der Waals surface area contributed by atoms with Gasteiger partial charge in [0.25, 0.3) is 0 Å². The Bertz CT molecular complexity index is 1020. The van der Waals surface area contributed by atoms with Gasteiger partial charge in [-0.25, -0.2) is 4.79 Å². The summed E-state index contributed by atoms with van der Waals surface area (Å²) in [5, 5.41) is 5.43. The molecule has 2 aromatic carbocycles. The second-order valence-electron chi connectivity index (χ2n) is 6.54. The van der Waals surface area contributed by atoms with Crippen LogP contribution in [0.5, 0.6) is 5.75 Å². The molecule has 126 valence electrons. The van der Waals surface area contributed by atoms with Crippen LogP contribution in [0.2, 0.25) is 0 Å². The Morgan fingerprint density at radius 1 is 1.04 bits per heavy atom. The summed E-state index contributed by atoms with van der Waals surface area (Å²) in [6.07, 6.45) is 0.548. The molecule has 0 unspecified atom stereocenters. The molecule has 4 rings (SSSR count). The van der Waals surface area contributed by atoms with E-state index in [1.54, 1.807) is 6.07 Å². The predicted molar refractivity (Wildman–Crippen MR) is 98.4 cm³/mol. The molecular formula is C20H18N2O3. The van der Waals surface area contributed by atoms with Crippen LogP contribution in [0.4, 0.5) is 5.69 Å². The summed E-state index contributed by atoms with van der Waals surface area (Å²) in [6, 6.07) is 16.8. The van der Waals surface area contributed by atoms with Gasteiger partial charge in [0, 0.05) is 23.4 Å². The first kappa shape index (κ1) is 15.4. The highest BCUT2D eigenvalue weighted by atomic mass is 16.5. The number of benzene rings is 2. The van der Waals surface area contributed by atoms with E-state index in [2.05, 4.69) is 10.5 Å². The topological polar surface area (TPSA) is 63.8 Å². The zero-order valence-corrected chi connectivity index (χ0v) is 14.1. The Morgan fingerprint density at radius 2 is 1.80 bits per heavy atom. The number of anilines is 1. The smallest absolute Gasteiger partial charge is 0.336 e.